The molecule has 0 spiro atoms. The van der Waals surface area contributed by atoms with Gasteiger partial charge in [-0.15, -0.1) is 0 Å². The summed E-state index contributed by atoms with van der Waals surface area (Å²) in [5, 5.41) is 8.80. The molecular formula is C15H20N2O3. The zero-order valence-corrected chi connectivity index (χ0v) is 11.4. The number of piperidine rings is 1. The molecule has 1 aromatic rings. The first-order valence-electron chi connectivity index (χ1n) is 6.96. The number of nitrogens with zero attached hydrogens (tertiary/aromatic N) is 1. The minimum atomic E-state index is -0.813. The lowest BCUT2D eigenvalue weighted by Crippen LogP contribution is -2.44. The summed E-state index contributed by atoms with van der Waals surface area (Å²) in [7, 11) is 0. The summed E-state index contributed by atoms with van der Waals surface area (Å²) in [6.45, 7) is 0.692. The summed E-state index contributed by atoms with van der Waals surface area (Å²) in [6.07, 6.45) is 3.51. The predicted molar refractivity (Wildman–Crippen MR) is 76.4 cm³/mol. The lowest BCUT2D eigenvalue weighted by molar-refractivity contribution is -0.137. The highest BCUT2D eigenvalue weighted by atomic mass is 16.4. The van der Waals surface area contributed by atoms with Gasteiger partial charge in [0.25, 0.3) is 5.91 Å². The molecule has 0 bridgehead atoms. The molecule has 0 radical (unpaired) electrons. The number of likely N-dealkylation sites (tertiary alicyclic amines) is 1. The van der Waals surface area contributed by atoms with Crippen LogP contribution in [0, 0.1) is 0 Å². The maximum absolute atomic E-state index is 12.5. The first-order valence-corrected chi connectivity index (χ1v) is 6.96. The predicted octanol–water partition coefficient (Wildman–Crippen LogP) is 2.13. The van der Waals surface area contributed by atoms with Crippen LogP contribution >= 0.6 is 0 Å². The van der Waals surface area contributed by atoms with Crippen LogP contribution in [-0.4, -0.2) is 34.5 Å². The zero-order valence-electron chi connectivity index (χ0n) is 11.4. The smallest absolute Gasteiger partial charge is 0.303 e. The van der Waals surface area contributed by atoms with E-state index < -0.39 is 5.97 Å². The van der Waals surface area contributed by atoms with E-state index in [0.29, 0.717) is 24.2 Å². The highest BCUT2D eigenvalue weighted by Gasteiger charge is 2.27. The molecule has 1 fully saturated rings. The molecule has 20 heavy (non-hydrogen) atoms. The van der Waals surface area contributed by atoms with Crippen molar-refractivity contribution in [3.8, 4) is 0 Å². The molecule has 3 N–H and O–H groups in total. The molecule has 5 nitrogen and oxygen atoms in total. The van der Waals surface area contributed by atoms with Crippen LogP contribution < -0.4 is 5.73 Å². The Kier molecular flexibility index (Phi) is 4.61. The Morgan fingerprint density at radius 1 is 1.35 bits per heavy atom. The summed E-state index contributed by atoms with van der Waals surface area (Å²) >= 11 is 0. The maximum Gasteiger partial charge on any atom is 0.303 e. The topological polar surface area (TPSA) is 83.6 Å². The summed E-state index contributed by atoms with van der Waals surface area (Å²) in [6, 6.07) is 6.95. The fourth-order valence-electron chi connectivity index (χ4n) is 2.70. The van der Waals surface area contributed by atoms with Gasteiger partial charge in [0.05, 0.1) is 0 Å². The van der Waals surface area contributed by atoms with Crippen molar-refractivity contribution in [1.29, 1.82) is 0 Å². The Hall–Kier alpha value is -2.04. The zero-order chi connectivity index (χ0) is 14.5. The van der Waals surface area contributed by atoms with Gasteiger partial charge in [-0.3, -0.25) is 9.59 Å². The molecule has 1 atom stereocenters. The average Bonchev–Trinajstić information content (AvgIpc) is 2.44. The normalized spacial score (nSPS) is 18.8. The largest absolute Gasteiger partial charge is 0.481 e. The van der Waals surface area contributed by atoms with E-state index in [9.17, 15) is 9.59 Å². The Labute approximate surface area is 118 Å². The molecule has 2 rings (SSSR count). The van der Waals surface area contributed by atoms with Gasteiger partial charge in [-0.2, -0.15) is 0 Å². The van der Waals surface area contributed by atoms with Gasteiger partial charge in [0, 0.05) is 30.3 Å². The average molecular weight is 276 g/mol. The van der Waals surface area contributed by atoms with E-state index in [4.69, 9.17) is 10.8 Å². The highest BCUT2D eigenvalue weighted by Crippen LogP contribution is 2.23. The second kappa shape index (κ2) is 6.41. The minimum absolute atomic E-state index is 0.0220. The number of hydrogen-bond donors (Lipinski definition) is 2. The second-order valence-electron chi connectivity index (χ2n) is 5.21. The van der Waals surface area contributed by atoms with Gasteiger partial charge in [0.2, 0.25) is 0 Å². The van der Waals surface area contributed by atoms with Crippen LogP contribution in [0.5, 0.6) is 0 Å². The van der Waals surface area contributed by atoms with Gasteiger partial charge >= 0.3 is 5.97 Å². The molecule has 5 heteroatoms. The van der Waals surface area contributed by atoms with E-state index in [-0.39, 0.29) is 18.4 Å². The number of carboxylic acids is 1. The number of carboxylic acid groups (broad SMARTS) is 1. The van der Waals surface area contributed by atoms with Crippen molar-refractivity contribution >= 4 is 17.6 Å². The summed E-state index contributed by atoms with van der Waals surface area (Å²) < 4.78 is 0. The van der Waals surface area contributed by atoms with E-state index in [1.54, 1.807) is 29.2 Å². The monoisotopic (exact) mass is 276 g/mol. The van der Waals surface area contributed by atoms with E-state index >= 15 is 0 Å². The van der Waals surface area contributed by atoms with Crippen molar-refractivity contribution in [1.82, 2.24) is 4.90 Å². The minimum Gasteiger partial charge on any atom is -0.481 e. The maximum atomic E-state index is 12.5. The number of nitrogens with two attached hydrogens (primary N) is 1. The first-order chi connectivity index (χ1) is 9.58. The molecule has 108 valence electrons. The summed E-state index contributed by atoms with van der Waals surface area (Å²) in [5.41, 5.74) is 6.85. The van der Waals surface area contributed by atoms with E-state index in [0.717, 1.165) is 19.3 Å². The van der Waals surface area contributed by atoms with Gasteiger partial charge in [-0.1, -0.05) is 6.07 Å². The van der Waals surface area contributed by atoms with Crippen LogP contribution in [-0.2, 0) is 4.79 Å². The molecule has 1 aliphatic rings. The van der Waals surface area contributed by atoms with Crippen molar-refractivity contribution in [2.24, 2.45) is 0 Å². The molecule has 1 heterocycles. The molecule has 1 aromatic carbocycles. The van der Waals surface area contributed by atoms with Gasteiger partial charge < -0.3 is 15.7 Å². The van der Waals surface area contributed by atoms with Crippen LogP contribution in [0.1, 0.15) is 42.5 Å². The van der Waals surface area contributed by atoms with Crippen molar-refractivity contribution < 1.29 is 14.7 Å². The number of anilines is 1. The lowest BCUT2D eigenvalue weighted by Gasteiger charge is -2.35. The van der Waals surface area contributed by atoms with Crippen LogP contribution in [0.25, 0.3) is 0 Å². The molecule has 0 aromatic heterocycles. The van der Waals surface area contributed by atoms with Gasteiger partial charge in [0.15, 0.2) is 0 Å². The fraction of sp³-hybridized carbons (Fsp3) is 0.467. The number of amides is 1. The van der Waals surface area contributed by atoms with Crippen molar-refractivity contribution in [2.45, 2.75) is 38.1 Å². The molecule has 0 aliphatic carbocycles. The van der Waals surface area contributed by atoms with Crippen molar-refractivity contribution in [3.63, 3.8) is 0 Å². The SMILES string of the molecule is Nc1cccc(C(=O)N2CCCCC2CCC(=O)O)c1. The van der Waals surface area contributed by atoms with E-state index in [1.165, 1.54) is 0 Å². The summed E-state index contributed by atoms with van der Waals surface area (Å²) in [4.78, 5) is 25.0. The fourth-order valence-corrected chi connectivity index (χ4v) is 2.70. The molecular weight excluding hydrogens is 256 g/mol. The third kappa shape index (κ3) is 3.50. The third-order valence-electron chi connectivity index (χ3n) is 3.71. The standard InChI is InChI=1S/C15H20N2O3/c16-12-5-3-4-11(10-12)15(20)17-9-2-1-6-13(17)7-8-14(18)19/h3-5,10,13H,1-2,6-9,16H2,(H,18,19). The number of benzene rings is 1. The van der Waals surface area contributed by atoms with E-state index in [2.05, 4.69) is 0 Å². The Bertz CT molecular complexity index is 502. The number of carbonyl (C=O) groups is 2. The number of rotatable bonds is 4. The third-order valence-corrected chi connectivity index (χ3v) is 3.71. The first kappa shape index (κ1) is 14.4. The van der Waals surface area contributed by atoms with Crippen LogP contribution in [0.15, 0.2) is 24.3 Å². The molecule has 1 amide bonds. The number of hydrogen-bond acceptors (Lipinski definition) is 3. The quantitative estimate of drug-likeness (QED) is 0.825. The number of aliphatic carboxylic acids is 1. The van der Waals surface area contributed by atoms with Crippen molar-refractivity contribution in [3.05, 3.63) is 29.8 Å². The number of nitrogen functional groups attached to an aromatic ring is 1. The van der Waals surface area contributed by atoms with E-state index in [1.807, 2.05) is 0 Å². The van der Waals surface area contributed by atoms with Gasteiger partial charge in [-0.25, -0.2) is 0 Å². The molecule has 1 saturated heterocycles. The van der Waals surface area contributed by atoms with Gasteiger partial charge in [0.1, 0.15) is 0 Å². The molecule has 0 saturated carbocycles. The summed E-state index contributed by atoms with van der Waals surface area (Å²) in [5.74, 6) is -0.862. The van der Waals surface area contributed by atoms with Gasteiger partial charge in [-0.05, 0) is 43.9 Å². The Morgan fingerprint density at radius 2 is 2.15 bits per heavy atom. The van der Waals surface area contributed by atoms with Crippen molar-refractivity contribution in [2.75, 3.05) is 12.3 Å². The van der Waals surface area contributed by atoms with Crippen LogP contribution in [0.4, 0.5) is 5.69 Å². The molecule has 1 unspecified atom stereocenters. The Balaban J connectivity index is 2.10. The Morgan fingerprint density at radius 3 is 2.85 bits per heavy atom. The van der Waals surface area contributed by atoms with Crippen LogP contribution in [0.2, 0.25) is 0 Å². The molecule has 1 aliphatic heterocycles. The lowest BCUT2D eigenvalue weighted by atomic mass is 9.97. The number of carbonyl (C=O) groups excluding carboxylic acids is 1. The van der Waals surface area contributed by atoms with Crippen LogP contribution in [0.3, 0.4) is 0 Å². The second-order valence-corrected chi connectivity index (χ2v) is 5.21. The highest BCUT2D eigenvalue weighted by molar-refractivity contribution is 5.95.